The van der Waals surface area contributed by atoms with Crippen LogP contribution in [-0.2, 0) is 26.8 Å². The number of piperidine rings is 1. The first-order valence-electron chi connectivity index (χ1n) is 8.82. The number of hydrogen-bond acceptors (Lipinski definition) is 6. The van der Waals surface area contributed by atoms with Crippen molar-refractivity contribution in [2.75, 3.05) is 19.7 Å². The number of ether oxygens (including phenoxy) is 1. The van der Waals surface area contributed by atoms with Gasteiger partial charge in [-0.1, -0.05) is 0 Å². The Labute approximate surface area is 159 Å². The monoisotopic (exact) mass is 406 g/mol. The van der Waals surface area contributed by atoms with Crippen LogP contribution in [0.1, 0.15) is 23.3 Å². The van der Waals surface area contributed by atoms with Gasteiger partial charge in [0.05, 0.1) is 22.6 Å². The number of H-pyrrole nitrogens is 1. The van der Waals surface area contributed by atoms with Gasteiger partial charge in [0.15, 0.2) is 5.58 Å². The number of aromatic nitrogens is 1. The van der Waals surface area contributed by atoms with Crippen molar-refractivity contribution in [2.45, 2.75) is 29.8 Å². The van der Waals surface area contributed by atoms with Crippen LogP contribution in [0.2, 0.25) is 0 Å². The first kappa shape index (κ1) is 17.2. The third-order valence-electron chi connectivity index (χ3n) is 5.50. The van der Waals surface area contributed by atoms with Gasteiger partial charge < -0.3 is 9.15 Å². The number of nitrogens with one attached hydrogen (secondary N) is 1. The summed E-state index contributed by atoms with van der Waals surface area (Å²) >= 11 is 1.75. The summed E-state index contributed by atoms with van der Waals surface area (Å²) in [7, 11) is -3.66. The van der Waals surface area contributed by atoms with Gasteiger partial charge in [-0.05, 0) is 42.0 Å². The lowest BCUT2D eigenvalue weighted by Gasteiger charge is -2.43. The number of benzene rings is 1. The Morgan fingerprint density at radius 2 is 2.00 bits per heavy atom. The predicted octanol–water partition coefficient (Wildman–Crippen LogP) is 2.44. The highest BCUT2D eigenvalue weighted by atomic mass is 32.2. The highest BCUT2D eigenvalue weighted by molar-refractivity contribution is 7.89. The molecule has 4 heterocycles. The summed E-state index contributed by atoms with van der Waals surface area (Å²) in [6, 6.07) is 6.58. The maximum atomic E-state index is 13.1. The molecular formula is C18H18N2O5S2. The van der Waals surface area contributed by atoms with E-state index in [0.717, 1.165) is 6.42 Å². The first-order valence-corrected chi connectivity index (χ1v) is 11.1. The predicted molar refractivity (Wildman–Crippen MR) is 100 cm³/mol. The molecular weight excluding hydrogens is 388 g/mol. The van der Waals surface area contributed by atoms with Crippen molar-refractivity contribution in [3.05, 3.63) is 50.6 Å². The van der Waals surface area contributed by atoms with Crippen LogP contribution >= 0.6 is 11.3 Å². The zero-order valence-electron chi connectivity index (χ0n) is 14.4. The second-order valence-electron chi connectivity index (χ2n) is 6.93. The van der Waals surface area contributed by atoms with Gasteiger partial charge in [0.1, 0.15) is 0 Å². The molecule has 1 fully saturated rings. The normalized spacial score (nSPS) is 20.1. The lowest BCUT2D eigenvalue weighted by molar-refractivity contribution is -0.0882. The Balaban J connectivity index is 1.42. The third-order valence-corrected chi connectivity index (χ3v) is 8.38. The molecule has 1 aromatic carbocycles. The van der Waals surface area contributed by atoms with E-state index in [0.29, 0.717) is 38.1 Å². The number of thiophene rings is 1. The summed E-state index contributed by atoms with van der Waals surface area (Å²) in [5, 5.41) is 2.09. The molecule has 1 saturated heterocycles. The van der Waals surface area contributed by atoms with E-state index < -0.39 is 15.8 Å². The number of aromatic amines is 1. The molecule has 27 heavy (non-hydrogen) atoms. The summed E-state index contributed by atoms with van der Waals surface area (Å²) < 4.78 is 38.8. The molecule has 0 aliphatic carbocycles. The minimum absolute atomic E-state index is 0.134. The summed E-state index contributed by atoms with van der Waals surface area (Å²) in [6.45, 7) is 1.48. The van der Waals surface area contributed by atoms with Crippen LogP contribution in [0.3, 0.4) is 0 Å². The molecule has 5 rings (SSSR count). The van der Waals surface area contributed by atoms with Crippen LogP contribution < -0.4 is 5.76 Å². The fourth-order valence-electron chi connectivity index (χ4n) is 4.09. The summed E-state index contributed by atoms with van der Waals surface area (Å²) in [5.41, 5.74) is 1.59. The molecule has 142 valence electrons. The molecule has 1 N–H and O–H groups in total. The standard InChI is InChI=1S/C18H18N2O5S2/c21-17-19-14-2-1-12(11-15(14)25-17)27(22,23)20-7-5-18(6-8-20)13-4-10-26-16(13)3-9-24-18/h1-2,4,10-11H,3,5-9H2,(H,19,21). The van der Waals surface area contributed by atoms with E-state index in [4.69, 9.17) is 9.15 Å². The van der Waals surface area contributed by atoms with Crippen molar-refractivity contribution in [1.29, 1.82) is 0 Å². The second kappa shape index (κ2) is 6.03. The van der Waals surface area contributed by atoms with Crippen LogP contribution in [0.5, 0.6) is 0 Å². The number of sulfonamides is 1. The first-order chi connectivity index (χ1) is 13.0. The third kappa shape index (κ3) is 2.68. The van der Waals surface area contributed by atoms with Gasteiger partial charge >= 0.3 is 5.76 Å². The van der Waals surface area contributed by atoms with Crippen molar-refractivity contribution in [3.8, 4) is 0 Å². The lowest BCUT2D eigenvalue weighted by Crippen LogP contribution is -2.47. The second-order valence-corrected chi connectivity index (χ2v) is 9.87. The van der Waals surface area contributed by atoms with Gasteiger partial charge in [-0.2, -0.15) is 4.31 Å². The summed E-state index contributed by atoms with van der Waals surface area (Å²) in [4.78, 5) is 15.3. The van der Waals surface area contributed by atoms with E-state index >= 15 is 0 Å². The largest absolute Gasteiger partial charge is 0.417 e. The van der Waals surface area contributed by atoms with E-state index in [9.17, 15) is 13.2 Å². The van der Waals surface area contributed by atoms with E-state index in [1.165, 1.54) is 26.9 Å². The zero-order valence-corrected chi connectivity index (χ0v) is 16.1. The number of fused-ring (bicyclic) bond motifs is 3. The average molecular weight is 406 g/mol. The Morgan fingerprint density at radius 3 is 2.81 bits per heavy atom. The number of nitrogens with zero attached hydrogens (tertiary/aromatic N) is 1. The topological polar surface area (TPSA) is 92.6 Å². The molecule has 0 saturated carbocycles. The molecule has 3 aromatic rings. The van der Waals surface area contributed by atoms with Crippen LogP contribution in [0.4, 0.5) is 0 Å². The summed E-state index contributed by atoms with van der Waals surface area (Å²) in [5.74, 6) is -0.597. The molecule has 2 aromatic heterocycles. The molecule has 7 nitrogen and oxygen atoms in total. The van der Waals surface area contributed by atoms with Gasteiger partial charge in [-0.15, -0.1) is 11.3 Å². The lowest BCUT2D eigenvalue weighted by atomic mass is 9.83. The highest BCUT2D eigenvalue weighted by Gasteiger charge is 2.43. The molecule has 0 unspecified atom stereocenters. The van der Waals surface area contributed by atoms with Crippen molar-refractivity contribution in [3.63, 3.8) is 0 Å². The molecule has 9 heteroatoms. The van der Waals surface area contributed by atoms with Gasteiger partial charge in [-0.25, -0.2) is 13.2 Å². The van der Waals surface area contributed by atoms with Crippen molar-refractivity contribution >= 4 is 32.5 Å². The quantitative estimate of drug-likeness (QED) is 0.706. The van der Waals surface area contributed by atoms with Crippen LogP contribution in [-0.4, -0.2) is 37.4 Å². The molecule has 2 aliphatic rings. The molecule has 0 amide bonds. The minimum atomic E-state index is -3.66. The Hall–Kier alpha value is -1.94. The van der Waals surface area contributed by atoms with Gasteiger partial charge in [0.25, 0.3) is 0 Å². The SMILES string of the molecule is O=c1[nH]c2ccc(S(=O)(=O)N3CCC4(CC3)OCCc3sccc34)cc2o1. The molecule has 0 radical (unpaired) electrons. The molecule has 0 bridgehead atoms. The van der Waals surface area contributed by atoms with Crippen molar-refractivity contribution in [1.82, 2.24) is 9.29 Å². The average Bonchev–Trinajstić information content (AvgIpc) is 3.28. The van der Waals surface area contributed by atoms with Crippen molar-refractivity contribution in [2.24, 2.45) is 0 Å². The molecule has 1 spiro atoms. The number of hydrogen-bond donors (Lipinski definition) is 1. The number of rotatable bonds is 2. The Bertz CT molecular complexity index is 1170. The van der Waals surface area contributed by atoms with Gasteiger partial charge in [-0.3, -0.25) is 4.98 Å². The van der Waals surface area contributed by atoms with E-state index in [2.05, 4.69) is 16.4 Å². The maximum absolute atomic E-state index is 13.1. The van der Waals surface area contributed by atoms with Crippen LogP contribution in [0, 0.1) is 0 Å². The Morgan fingerprint density at radius 1 is 1.19 bits per heavy atom. The van der Waals surface area contributed by atoms with E-state index in [-0.39, 0.29) is 16.1 Å². The number of oxazole rings is 1. The minimum Gasteiger partial charge on any atom is -0.408 e. The van der Waals surface area contributed by atoms with Gasteiger partial charge in [0, 0.05) is 30.5 Å². The van der Waals surface area contributed by atoms with Crippen LogP contribution in [0.15, 0.2) is 43.8 Å². The van der Waals surface area contributed by atoms with Crippen molar-refractivity contribution < 1.29 is 17.6 Å². The Kier molecular flexibility index (Phi) is 3.84. The fourth-order valence-corrected chi connectivity index (χ4v) is 6.50. The van der Waals surface area contributed by atoms with Crippen LogP contribution in [0.25, 0.3) is 11.1 Å². The smallest absolute Gasteiger partial charge is 0.408 e. The van der Waals surface area contributed by atoms with Gasteiger partial charge in [0.2, 0.25) is 10.0 Å². The highest BCUT2D eigenvalue weighted by Crippen LogP contribution is 2.44. The van der Waals surface area contributed by atoms with E-state index in [1.54, 1.807) is 17.4 Å². The fraction of sp³-hybridized carbons (Fsp3) is 0.389. The molecule has 0 atom stereocenters. The molecule has 2 aliphatic heterocycles. The summed E-state index contributed by atoms with van der Waals surface area (Å²) in [6.07, 6.45) is 2.20. The maximum Gasteiger partial charge on any atom is 0.417 e. The van der Waals surface area contributed by atoms with E-state index in [1.807, 2.05) is 0 Å². The zero-order chi connectivity index (χ0) is 18.6.